The number of rotatable bonds is 10. The summed E-state index contributed by atoms with van der Waals surface area (Å²) in [5, 5.41) is 2.37. The lowest BCUT2D eigenvalue weighted by atomic mass is 9.94. The summed E-state index contributed by atoms with van der Waals surface area (Å²) in [4.78, 5) is 2.39. The minimum Gasteiger partial charge on any atom is -0.497 e. The van der Waals surface area contributed by atoms with Gasteiger partial charge in [0.2, 0.25) is 0 Å². The van der Waals surface area contributed by atoms with Crippen molar-refractivity contribution in [2.75, 3.05) is 12.0 Å². The van der Waals surface area contributed by atoms with Crippen LogP contribution >= 0.6 is 0 Å². The molecule has 0 spiro atoms. The van der Waals surface area contributed by atoms with Crippen molar-refractivity contribution >= 4 is 51.1 Å². The van der Waals surface area contributed by atoms with Crippen LogP contribution in [0.1, 0.15) is 44.5 Å². The Morgan fingerprint density at radius 3 is 1.44 bits per heavy atom. The lowest BCUT2D eigenvalue weighted by Gasteiger charge is -2.29. The van der Waals surface area contributed by atoms with Crippen LogP contribution < -0.4 is 9.64 Å². The molecular weight excluding hydrogens is 667 g/mol. The van der Waals surface area contributed by atoms with Gasteiger partial charge in [0.25, 0.3) is 0 Å². The third-order valence-electron chi connectivity index (χ3n) is 10.1. The Kier molecular flexibility index (Phi) is 10.2. The molecule has 0 aromatic heterocycles. The van der Waals surface area contributed by atoms with Crippen LogP contribution in [-0.4, -0.2) is 7.11 Å². The molecular formula is C53H43NO. The van der Waals surface area contributed by atoms with E-state index in [1.807, 2.05) is 6.07 Å². The van der Waals surface area contributed by atoms with Crippen molar-refractivity contribution in [3.8, 4) is 5.75 Å². The Bertz CT molecular complexity index is 2520. The molecule has 8 aromatic carbocycles. The molecule has 8 rings (SSSR count). The predicted molar refractivity (Wildman–Crippen MR) is 234 cm³/mol. The molecule has 0 aliphatic carbocycles. The number of aryl methyl sites for hydroxylation is 2. The SMILES string of the molecule is COc1ccc(N(c2ccc(C=C(c3ccccc3)c3ccccc3)cc2)c2cc(C)cc3cc(C=C(c4ccccc4)c4ccccc4)ccc23)c(C)c1. The molecule has 0 unspecified atom stereocenters. The lowest BCUT2D eigenvalue weighted by molar-refractivity contribution is 0.414. The molecule has 0 heterocycles. The van der Waals surface area contributed by atoms with Gasteiger partial charge < -0.3 is 9.64 Å². The van der Waals surface area contributed by atoms with E-state index in [0.717, 1.165) is 39.5 Å². The van der Waals surface area contributed by atoms with Gasteiger partial charge in [-0.25, -0.2) is 0 Å². The molecule has 2 heteroatoms. The Morgan fingerprint density at radius 1 is 0.455 bits per heavy atom. The van der Waals surface area contributed by atoms with Gasteiger partial charge in [-0.05, 0) is 130 Å². The van der Waals surface area contributed by atoms with E-state index in [0.29, 0.717) is 0 Å². The molecule has 0 saturated carbocycles. The van der Waals surface area contributed by atoms with Crippen LogP contribution in [0.4, 0.5) is 17.1 Å². The highest BCUT2D eigenvalue weighted by atomic mass is 16.5. The largest absolute Gasteiger partial charge is 0.497 e. The van der Waals surface area contributed by atoms with Crippen molar-refractivity contribution in [2.24, 2.45) is 0 Å². The third-order valence-corrected chi connectivity index (χ3v) is 10.1. The molecule has 0 bridgehead atoms. The quantitative estimate of drug-likeness (QED) is 0.131. The van der Waals surface area contributed by atoms with E-state index in [9.17, 15) is 0 Å². The summed E-state index contributed by atoms with van der Waals surface area (Å²) >= 11 is 0. The lowest BCUT2D eigenvalue weighted by Crippen LogP contribution is -2.12. The molecule has 0 radical (unpaired) electrons. The molecule has 0 saturated heterocycles. The molecule has 0 fully saturated rings. The van der Waals surface area contributed by atoms with Crippen molar-refractivity contribution in [1.29, 1.82) is 0 Å². The van der Waals surface area contributed by atoms with Gasteiger partial charge in [-0.3, -0.25) is 0 Å². The number of ether oxygens (including phenoxy) is 1. The number of hydrogen-bond donors (Lipinski definition) is 0. The second kappa shape index (κ2) is 16.0. The first kappa shape index (κ1) is 35.1. The minimum absolute atomic E-state index is 0.842. The molecule has 8 aromatic rings. The van der Waals surface area contributed by atoms with Gasteiger partial charge in [-0.2, -0.15) is 0 Å². The first-order valence-corrected chi connectivity index (χ1v) is 18.8. The molecule has 0 aliphatic rings. The van der Waals surface area contributed by atoms with Crippen molar-refractivity contribution < 1.29 is 4.74 Å². The van der Waals surface area contributed by atoms with Crippen molar-refractivity contribution in [2.45, 2.75) is 13.8 Å². The van der Waals surface area contributed by atoms with E-state index in [1.165, 1.54) is 49.7 Å². The van der Waals surface area contributed by atoms with E-state index >= 15 is 0 Å². The van der Waals surface area contributed by atoms with E-state index in [2.05, 4.69) is 219 Å². The van der Waals surface area contributed by atoms with Gasteiger partial charge in [0.1, 0.15) is 5.75 Å². The zero-order chi connectivity index (χ0) is 37.6. The number of methoxy groups -OCH3 is 1. The standard InChI is InChI=1S/C53H43NO/c1-38-32-46-35-41(37-51(44-20-12-6-13-21-44)45-22-14-7-15-23-45)26-30-49(46)53(33-38)54(52-31-29-48(55-3)34-39(52)2)47-27-24-40(25-28-47)36-50(42-16-8-4-9-17-42)43-18-10-5-11-19-43/h4-37H,1-3H3. The van der Waals surface area contributed by atoms with Crippen LogP contribution in [0.2, 0.25) is 0 Å². The molecule has 266 valence electrons. The average Bonchev–Trinajstić information content (AvgIpc) is 3.24. The van der Waals surface area contributed by atoms with Gasteiger partial charge >= 0.3 is 0 Å². The molecule has 0 amide bonds. The number of anilines is 3. The number of benzene rings is 8. The Hall–Kier alpha value is -6.90. The van der Waals surface area contributed by atoms with Crippen LogP contribution in [0.3, 0.4) is 0 Å². The van der Waals surface area contributed by atoms with Gasteiger partial charge in [0, 0.05) is 16.8 Å². The van der Waals surface area contributed by atoms with Crippen LogP contribution in [0.5, 0.6) is 5.75 Å². The highest BCUT2D eigenvalue weighted by Crippen LogP contribution is 2.42. The summed E-state index contributed by atoms with van der Waals surface area (Å²) in [6.45, 7) is 4.34. The van der Waals surface area contributed by atoms with Crippen LogP contribution in [0, 0.1) is 13.8 Å². The Morgan fingerprint density at radius 2 is 0.945 bits per heavy atom. The first-order valence-electron chi connectivity index (χ1n) is 18.8. The Balaban J connectivity index is 1.25. The van der Waals surface area contributed by atoms with Gasteiger partial charge in [0.15, 0.2) is 0 Å². The van der Waals surface area contributed by atoms with Gasteiger partial charge in [-0.15, -0.1) is 0 Å². The average molecular weight is 710 g/mol. The molecule has 55 heavy (non-hydrogen) atoms. The maximum Gasteiger partial charge on any atom is 0.119 e. The summed E-state index contributed by atoms with van der Waals surface area (Å²) < 4.78 is 5.63. The Labute approximate surface area is 325 Å². The van der Waals surface area contributed by atoms with E-state index in [4.69, 9.17) is 4.74 Å². The summed E-state index contributed by atoms with van der Waals surface area (Å²) in [7, 11) is 1.72. The normalized spacial score (nSPS) is 10.8. The topological polar surface area (TPSA) is 12.5 Å². The maximum atomic E-state index is 5.63. The van der Waals surface area contributed by atoms with Gasteiger partial charge in [0.05, 0.1) is 12.8 Å². The fraction of sp³-hybridized carbons (Fsp3) is 0.0566. The predicted octanol–water partition coefficient (Wildman–Crippen LogP) is 14.1. The number of fused-ring (bicyclic) bond motifs is 1. The summed E-state index contributed by atoms with van der Waals surface area (Å²) in [6.07, 6.45) is 4.59. The second-order valence-electron chi connectivity index (χ2n) is 13.9. The van der Waals surface area contributed by atoms with Crippen molar-refractivity contribution in [3.05, 3.63) is 239 Å². The minimum atomic E-state index is 0.842. The number of nitrogens with zero attached hydrogens (tertiary/aromatic N) is 1. The van der Waals surface area contributed by atoms with Crippen molar-refractivity contribution in [3.63, 3.8) is 0 Å². The summed E-state index contributed by atoms with van der Waals surface area (Å²) in [6, 6.07) is 69.2. The van der Waals surface area contributed by atoms with E-state index in [-0.39, 0.29) is 0 Å². The summed E-state index contributed by atoms with van der Waals surface area (Å²) in [5.74, 6) is 0.842. The monoisotopic (exact) mass is 709 g/mol. The molecule has 0 atom stereocenters. The van der Waals surface area contributed by atoms with Crippen LogP contribution in [0.15, 0.2) is 194 Å². The van der Waals surface area contributed by atoms with E-state index in [1.54, 1.807) is 7.11 Å². The molecule has 0 N–H and O–H groups in total. The maximum absolute atomic E-state index is 5.63. The molecule has 2 nitrogen and oxygen atoms in total. The fourth-order valence-electron chi connectivity index (χ4n) is 7.39. The highest BCUT2D eigenvalue weighted by molar-refractivity contribution is 6.02. The zero-order valence-corrected chi connectivity index (χ0v) is 31.5. The van der Waals surface area contributed by atoms with Crippen LogP contribution in [0.25, 0.3) is 34.1 Å². The van der Waals surface area contributed by atoms with E-state index < -0.39 is 0 Å². The fourth-order valence-corrected chi connectivity index (χ4v) is 7.39. The third kappa shape index (κ3) is 7.76. The smallest absolute Gasteiger partial charge is 0.119 e. The molecule has 0 aliphatic heterocycles. The second-order valence-corrected chi connectivity index (χ2v) is 13.9. The first-order chi connectivity index (χ1) is 27.0. The van der Waals surface area contributed by atoms with Crippen molar-refractivity contribution in [1.82, 2.24) is 0 Å². The number of hydrogen-bond acceptors (Lipinski definition) is 2. The zero-order valence-electron chi connectivity index (χ0n) is 31.5. The highest BCUT2D eigenvalue weighted by Gasteiger charge is 2.19. The summed E-state index contributed by atoms with van der Waals surface area (Å²) in [5.41, 5.74) is 15.1. The van der Waals surface area contributed by atoms with Gasteiger partial charge in [-0.1, -0.05) is 152 Å². The van der Waals surface area contributed by atoms with Crippen LogP contribution in [-0.2, 0) is 0 Å².